The Morgan fingerprint density at radius 3 is 2.59 bits per heavy atom. The van der Waals surface area contributed by atoms with Crippen molar-refractivity contribution in [3.05, 3.63) is 30.1 Å². The van der Waals surface area contributed by atoms with E-state index < -0.39 is 17.9 Å². The number of benzene rings is 1. The first-order valence-corrected chi connectivity index (χ1v) is 7.28. The number of carbonyl (C=O) groups is 2. The van der Waals surface area contributed by atoms with Gasteiger partial charge in [0.1, 0.15) is 11.6 Å². The van der Waals surface area contributed by atoms with Crippen LogP contribution in [-0.2, 0) is 9.59 Å². The predicted octanol–water partition coefficient (Wildman–Crippen LogP) is 2.21. The van der Waals surface area contributed by atoms with Crippen molar-refractivity contribution >= 4 is 11.9 Å². The lowest BCUT2D eigenvalue weighted by Gasteiger charge is -2.16. The molecule has 3 unspecified atom stereocenters. The zero-order chi connectivity index (χ0) is 16.3. The van der Waals surface area contributed by atoms with Gasteiger partial charge in [-0.1, -0.05) is 13.8 Å². The number of carboxylic acid groups (broad SMARTS) is 1. The summed E-state index contributed by atoms with van der Waals surface area (Å²) in [6, 6.07) is 5.07. The van der Waals surface area contributed by atoms with Crippen LogP contribution in [0.25, 0.3) is 0 Å². The molecule has 0 heterocycles. The monoisotopic (exact) mass is 309 g/mol. The second kappa shape index (κ2) is 6.34. The molecule has 1 fully saturated rings. The lowest BCUT2D eigenvalue weighted by atomic mass is 10.0. The summed E-state index contributed by atoms with van der Waals surface area (Å²) in [5.41, 5.74) is 0.0284. The highest BCUT2D eigenvalue weighted by molar-refractivity contribution is 5.83. The van der Waals surface area contributed by atoms with Crippen LogP contribution in [0.1, 0.15) is 26.7 Å². The molecule has 1 saturated carbocycles. The maximum Gasteiger partial charge on any atom is 0.346 e. The predicted molar refractivity (Wildman–Crippen MR) is 78.0 cm³/mol. The van der Waals surface area contributed by atoms with Crippen LogP contribution in [0.3, 0.4) is 0 Å². The van der Waals surface area contributed by atoms with Gasteiger partial charge in [0.15, 0.2) is 0 Å². The van der Waals surface area contributed by atoms with E-state index >= 15 is 0 Å². The minimum atomic E-state index is -1.21. The lowest BCUT2D eigenvalue weighted by molar-refractivity contribution is -0.145. The molecule has 1 aliphatic carbocycles. The number of nitrogens with one attached hydrogen (secondary N) is 1. The number of ether oxygens (including phenoxy) is 1. The van der Waals surface area contributed by atoms with Crippen LogP contribution in [0.15, 0.2) is 24.3 Å². The molecule has 3 atom stereocenters. The molecule has 120 valence electrons. The summed E-state index contributed by atoms with van der Waals surface area (Å²) in [5, 5.41) is 11.8. The van der Waals surface area contributed by atoms with E-state index in [1.807, 2.05) is 13.8 Å². The van der Waals surface area contributed by atoms with E-state index in [0.29, 0.717) is 0 Å². The molecule has 1 aliphatic rings. The first-order chi connectivity index (χ1) is 10.4. The van der Waals surface area contributed by atoms with E-state index in [1.165, 1.54) is 24.3 Å². The van der Waals surface area contributed by atoms with E-state index in [2.05, 4.69) is 5.32 Å². The molecular weight excluding hydrogens is 289 g/mol. The molecule has 0 aromatic heterocycles. The molecule has 0 aliphatic heterocycles. The summed E-state index contributed by atoms with van der Waals surface area (Å²) >= 11 is 0. The fourth-order valence-electron chi connectivity index (χ4n) is 2.38. The fourth-order valence-corrected chi connectivity index (χ4v) is 2.38. The van der Waals surface area contributed by atoms with Crippen molar-refractivity contribution in [1.29, 1.82) is 0 Å². The maximum absolute atomic E-state index is 12.8. The van der Waals surface area contributed by atoms with Gasteiger partial charge in [0.2, 0.25) is 12.0 Å². The van der Waals surface area contributed by atoms with Gasteiger partial charge in [0, 0.05) is 5.92 Å². The quantitative estimate of drug-likeness (QED) is 0.809. The van der Waals surface area contributed by atoms with Crippen LogP contribution in [-0.4, -0.2) is 29.6 Å². The van der Waals surface area contributed by atoms with Gasteiger partial charge >= 0.3 is 5.97 Å². The largest absolute Gasteiger partial charge is 0.478 e. The summed E-state index contributed by atoms with van der Waals surface area (Å²) in [5.74, 6) is -1.57. The minimum absolute atomic E-state index is 0.0284. The summed E-state index contributed by atoms with van der Waals surface area (Å²) in [4.78, 5) is 23.2. The Morgan fingerprint density at radius 1 is 1.45 bits per heavy atom. The Kier molecular flexibility index (Phi) is 4.68. The molecule has 1 aromatic carbocycles. The number of hydrogen-bond donors (Lipinski definition) is 2. The Bertz CT molecular complexity index is 560. The van der Waals surface area contributed by atoms with Crippen LogP contribution in [0, 0.1) is 17.2 Å². The average Bonchev–Trinajstić information content (AvgIpc) is 3.18. The van der Waals surface area contributed by atoms with Gasteiger partial charge < -0.3 is 15.2 Å². The molecule has 0 saturated heterocycles. The molecule has 5 nitrogen and oxygen atoms in total. The van der Waals surface area contributed by atoms with Crippen LogP contribution in [0.2, 0.25) is 0 Å². The Labute approximate surface area is 128 Å². The molecule has 1 amide bonds. The number of hydrogen-bond acceptors (Lipinski definition) is 3. The van der Waals surface area contributed by atoms with Gasteiger partial charge in [-0.3, -0.25) is 4.79 Å². The van der Waals surface area contributed by atoms with Gasteiger partial charge in [0.25, 0.3) is 0 Å². The van der Waals surface area contributed by atoms with Crippen molar-refractivity contribution in [3.63, 3.8) is 0 Å². The molecule has 1 aromatic rings. The topological polar surface area (TPSA) is 75.6 Å². The normalized spacial score (nSPS) is 24.4. The number of amides is 1. The van der Waals surface area contributed by atoms with Crippen LogP contribution in [0.5, 0.6) is 5.75 Å². The van der Waals surface area contributed by atoms with E-state index in [1.54, 1.807) is 0 Å². The fraction of sp³-hybridized carbons (Fsp3) is 0.500. The molecule has 2 rings (SSSR count). The van der Waals surface area contributed by atoms with Gasteiger partial charge in [-0.25, -0.2) is 9.18 Å². The second-order valence-corrected chi connectivity index (χ2v) is 5.91. The Hall–Kier alpha value is -2.11. The average molecular weight is 309 g/mol. The number of halogens is 1. The van der Waals surface area contributed by atoms with Crippen molar-refractivity contribution in [1.82, 2.24) is 5.32 Å². The summed E-state index contributed by atoms with van der Waals surface area (Å²) < 4.78 is 18.1. The van der Waals surface area contributed by atoms with E-state index in [-0.39, 0.29) is 29.5 Å². The van der Waals surface area contributed by atoms with Crippen molar-refractivity contribution in [2.24, 2.45) is 11.3 Å². The minimum Gasteiger partial charge on any atom is -0.478 e. The maximum atomic E-state index is 12.8. The lowest BCUT2D eigenvalue weighted by Crippen LogP contribution is -2.41. The van der Waals surface area contributed by atoms with E-state index in [4.69, 9.17) is 9.84 Å². The molecule has 0 radical (unpaired) electrons. The highest BCUT2D eigenvalue weighted by Crippen LogP contribution is 2.54. The van der Waals surface area contributed by atoms with Gasteiger partial charge in [0.05, 0.1) is 6.54 Å². The molecule has 6 heteroatoms. The second-order valence-electron chi connectivity index (χ2n) is 5.91. The van der Waals surface area contributed by atoms with E-state index in [0.717, 1.165) is 12.8 Å². The summed E-state index contributed by atoms with van der Waals surface area (Å²) in [6.07, 6.45) is 0.534. The highest BCUT2D eigenvalue weighted by atomic mass is 19.1. The smallest absolute Gasteiger partial charge is 0.346 e. The number of rotatable bonds is 7. The van der Waals surface area contributed by atoms with Crippen molar-refractivity contribution < 1.29 is 23.8 Å². The molecular formula is C16H20FNO4. The summed E-state index contributed by atoms with van der Waals surface area (Å²) in [6.45, 7) is 3.95. The standard InChI is InChI=1S/C16H20FNO4/c1-3-16(2)8-12(16)14(19)18-9-13(15(20)21)22-11-6-4-10(17)5-7-11/h4-7,12-13H,3,8-9H2,1-2H3,(H,18,19)(H,20,21). The van der Waals surface area contributed by atoms with Crippen LogP contribution >= 0.6 is 0 Å². The van der Waals surface area contributed by atoms with Gasteiger partial charge in [-0.15, -0.1) is 0 Å². The van der Waals surface area contributed by atoms with Crippen LogP contribution < -0.4 is 10.1 Å². The van der Waals surface area contributed by atoms with Crippen molar-refractivity contribution in [3.8, 4) is 5.75 Å². The zero-order valence-corrected chi connectivity index (χ0v) is 12.6. The van der Waals surface area contributed by atoms with Gasteiger partial charge in [-0.05, 0) is 42.5 Å². The molecule has 22 heavy (non-hydrogen) atoms. The molecule has 0 bridgehead atoms. The number of carboxylic acids is 1. The molecule has 0 spiro atoms. The summed E-state index contributed by atoms with van der Waals surface area (Å²) in [7, 11) is 0. The Morgan fingerprint density at radius 2 is 2.09 bits per heavy atom. The third-order valence-corrected chi connectivity index (χ3v) is 4.30. The molecule has 2 N–H and O–H groups in total. The van der Waals surface area contributed by atoms with Crippen LogP contribution in [0.4, 0.5) is 4.39 Å². The van der Waals surface area contributed by atoms with E-state index in [9.17, 15) is 14.0 Å². The number of carbonyl (C=O) groups excluding carboxylic acids is 1. The highest BCUT2D eigenvalue weighted by Gasteiger charge is 2.52. The van der Waals surface area contributed by atoms with Crippen molar-refractivity contribution in [2.45, 2.75) is 32.8 Å². The first kappa shape index (κ1) is 16.3. The van der Waals surface area contributed by atoms with Crippen molar-refractivity contribution in [2.75, 3.05) is 6.54 Å². The number of aliphatic carboxylic acids is 1. The SMILES string of the molecule is CCC1(C)CC1C(=O)NCC(Oc1ccc(F)cc1)C(=O)O. The third kappa shape index (κ3) is 3.75. The Balaban J connectivity index is 1.88. The first-order valence-electron chi connectivity index (χ1n) is 7.28. The zero-order valence-electron chi connectivity index (χ0n) is 12.6. The third-order valence-electron chi connectivity index (χ3n) is 4.30. The van der Waals surface area contributed by atoms with Gasteiger partial charge in [-0.2, -0.15) is 0 Å².